The molecule has 0 radical (unpaired) electrons. The predicted molar refractivity (Wildman–Crippen MR) is 93.9 cm³/mol. The molecule has 0 unspecified atom stereocenters. The molecule has 2 aromatic rings. The van der Waals surface area contributed by atoms with Crippen LogP contribution < -0.4 is 4.90 Å². The van der Waals surface area contributed by atoms with E-state index in [0.29, 0.717) is 0 Å². The first-order valence-electron chi connectivity index (χ1n) is 7.57. The number of anilines is 1. The molecule has 4 heteroatoms. The monoisotopic (exact) mass is 325 g/mol. The fourth-order valence-corrected chi connectivity index (χ4v) is 4.15. The largest absolute Gasteiger partial charge is 0.314 e. The zero-order valence-electron chi connectivity index (χ0n) is 13.5. The summed E-state index contributed by atoms with van der Waals surface area (Å²) in [7, 11) is 1.77. The van der Waals surface area contributed by atoms with Gasteiger partial charge in [-0.25, -0.2) is 0 Å². The lowest BCUT2D eigenvalue weighted by Crippen LogP contribution is -2.37. The molecule has 0 saturated carbocycles. The number of nitrogens with zero attached hydrogens (tertiary/aromatic N) is 1. The van der Waals surface area contributed by atoms with Gasteiger partial charge in [-0.1, -0.05) is 47.7 Å². The van der Waals surface area contributed by atoms with Crippen molar-refractivity contribution < 1.29 is 9.59 Å². The third-order valence-corrected chi connectivity index (χ3v) is 5.22. The Kier molecular flexibility index (Phi) is 4.02. The minimum absolute atomic E-state index is 0.0107. The number of hydrogen-bond acceptors (Lipinski definition) is 3. The second-order valence-corrected chi connectivity index (χ2v) is 7.31. The van der Waals surface area contributed by atoms with Crippen LogP contribution in [0.4, 0.5) is 5.69 Å². The Morgan fingerprint density at radius 2 is 1.91 bits per heavy atom. The highest BCUT2D eigenvalue weighted by Gasteiger charge is 2.47. The van der Waals surface area contributed by atoms with Crippen LogP contribution in [0.25, 0.3) is 0 Å². The van der Waals surface area contributed by atoms with Gasteiger partial charge in [0, 0.05) is 24.1 Å². The third kappa shape index (κ3) is 2.79. The summed E-state index contributed by atoms with van der Waals surface area (Å²) in [5.74, 6) is -0.0168. The van der Waals surface area contributed by atoms with Crippen LogP contribution in [0.2, 0.25) is 0 Å². The molecule has 1 aliphatic heterocycles. The number of fused-ring (bicyclic) bond motifs is 1. The van der Waals surface area contributed by atoms with E-state index in [9.17, 15) is 9.59 Å². The molecular formula is C19H19NO2S. The van der Waals surface area contributed by atoms with Crippen LogP contribution in [0.3, 0.4) is 0 Å². The van der Waals surface area contributed by atoms with E-state index in [0.717, 1.165) is 21.7 Å². The first-order valence-corrected chi connectivity index (χ1v) is 8.38. The number of carbonyl (C=O) groups excluding carboxylic acids is 2. The molecular weight excluding hydrogens is 306 g/mol. The van der Waals surface area contributed by atoms with E-state index in [1.54, 1.807) is 11.9 Å². The van der Waals surface area contributed by atoms with Gasteiger partial charge in [-0.2, -0.15) is 0 Å². The van der Waals surface area contributed by atoms with Crippen LogP contribution in [0, 0.1) is 6.92 Å². The van der Waals surface area contributed by atoms with E-state index in [2.05, 4.69) is 0 Å². The van der Waals surface area contributed by atoms with Crippen LogP contribution in [-0.4, -0.2) is 18.1 Å². The average Bonchev–Trinajstić information content (AvgIpc) is 2.70. The standard InChI is InChI=1S/C19H19NO2S/c1-13-7-6-8-14(11-13)23-17(21)12-19(2)15-9-4-5-10-16(15)20(3)18(19)22/h4-11H,12H2,1-3H3/t19-/m0/s1. The molecule has 3 nitrogen and oxygen atoms in total. The Morgan fingerprint density at radius 3 is 2.65 bits per heavy atom. The van der Waals surface area contributed by atoms with Gasteiger partial charge in [0.25, 0.3) is 0 Å². The quantitative estimate of drug-likeness (QED) is 0.802. The second-order valence-electron chi connectivity index (χ2n) is 6.18. The van der Waals surface area contributed by atoms with Crippen LogP contribution >= 0.6 is 11.8 Å². The molecule has 23 heavy (non-hydrogen) atoms. The van der Waals surface area contributed by atoms with Gasteiger partial charge in [0.05, 0.1) is 5.41 Å². The predicted octanol–water partition coefficient (Wildman–Crippen LogP) is 3.94. The van der Waals surface area contributed by atoms with Crippen molar-refractivity contribution in [2.24, 2.45) is 0 Å². The molecule has 0 bridgehead atoms. The van der Waals surface area contributed by atoms with E-state index in [4.69, 9.17) is 0 Å². The molecule has 1 heterocycles. The summed E-state index contributed by atoms with van der Waals surface area (Å²) in [5.41, 5.74) is 2.18. The number of rotatable bonds is 3. The first kappa shape index (κ1) is 15.8. The van der Waals surface area contributed by atoms with Crippen molar-refractivity contribution in [1.82, 2.24) is 0 Å². The highest BCUT2D eigenvalue weighted by molar-refractivity contribution is 8.13. The number of para-hydroxylation sites is 1. The molecule has 0 aromatic heterocycles. The fourth-order valence-electron chi connectivity index (χ4n) is 3.13. The number of aryl methyl sites for hydroxylation is 1. The molecule has 1 atom stereocenters. The average molecular weight is 325 g/mol. The topological polar surface area (TPSA) is 37.4 Å². The number of likely N-dealkylation sites (N-methyl/N-ethyl adjacent to an activating group) is 1. The van der Waals surface area contributed by atoms with Gasteiger partial charge < -0.3 is 4.90 Å². The van der Waals surface area contributed by atoms with Crippen molar-refractivity contribution in [3.05, 3.63) is 59.7 Å². The first-order chi connectivity index (χ1) is 10.9. The van der Waals surface area contributed by atoms with Crippen molar-refractivity contribution >= 4 is 28.5 Å². The maximum Gasteiger partial charge on any atom is 0.237 e. The molecule has 0 N–H and O–H groups in total. The van der Waals surface area contributed by atoms with Crippen molar-refractivity contribution in [2.75, 3.05) is 11.9 Å². The van der Waals surface area contributed by atoms with E-state index < -0.39 is 5.41 Å². The summed E-state index contributed by atoms with van der Waals surface area (Å²) in [6.07, 6.45) is 0.200. The summed E-state index contributed by atoms with van der Waals surface area (Å²) in [6, 6.07) is 15.6. The number of thioether (sulfide) groups is 1. The smallest absolute Gasteiger partial charge is 0.237 e. The van der Waals surface area contributed by atoms with Gasteiger partial charge in [0.1, 0.15) is 0 Å². The van der Waals surface area contributed by atoms with E-state index in [1.807, 2.05) is 62.4 Å². The van der Waals surface area contributed by atoms with Crippen molar-refractivity contribution in [3.63, 3.8) is 0 Å². The van der Waals surface area contributed by atoms with Crippen LogP contribution in [0.1, 0.15) is 24.5 Å². The summed E-state index contributed by atoms with van der Waals surface area (Å²) in [5, 5.41) is 0.0107. The van der Waals surface area contributed by atoms with Crippen LogP contribution in [0.15, 0.2) is 53.4 Å². The lowest BCUT2D eigenvalue weighted by atomic mass is 9.81. The maximum absolute atomic E-state index is 12.7. The van der Waals surface area contributed by atoms with Gasteiger partial charge in [0.2, 0.25) is 5.91 Å². The maximum atomic E-state index is 12.7. The van der Waals surface area contributed by atoms with E-state index in [1.165, 1.54) is 11.8 Å². The molecule has 3 rings (SSSR count). The van der Waals surface area contributed by atoms with E-state index in [-0.39, 0.29) is 17.4 Å². The minimum atomic E-state index is -0.779. The summed E-state index contributed by atoms with van der Waals surface area (Å²) < 4.78 is 0. The summed E-state index contributed by atoms with van der Waals surface area (Å²) in [6.45, 7) is 3.87. The van der Waals surface area contributed by atoms with Gasteiger partial charge >= 0.3 is 0 Å². The van der Waals surface area contributed by atoms with Crippen LogP contribution in [0.5, 0.6) is 0 Å². The number of benzene rings is 2. The van der Waals surface area contributed by atoms with Crippen LogP contribution in [-0.2, 0) is 15.0 Å². The number of hydrogen-bond donors (Lipinski definition) is 0. The SMILES string of the molecule is Cc1cccc(SC(=O)C[C@]2(C)C(=O)N(C)c3ccccc32)c1. The zero-order valence-corrected chi connectivity index (χ0v) is 14.3. The Balaban J connectivity index is 1.84. The molecule has 2 aromatic carbocycles. The van der Waals surface area contributed by atoms with Crippen molar-refractivity contribution in [1.29, 1.82) is 0 Å². The minimum Gasteiger partial charge on any atom is -0.314 e. The summed E-state index contributed by atoms with van der Waals surface area (Å²) in [4.78, 5) is 27.8. The Hall–Kier alpha value is -2.07. The molecule has 118 valence electrons. The van der Waals surface area contributed by atoms with Crippen molar-refractivity contribution in [3.8, 4) is 0 Å². The molecule has 0 spiro atoms. The lowest BCUT2D eigenvalue weighted by Gasteiger charge is -2.22. The van der Waals surface area contributed by atoms with E-state index >= 15 is 0 Å². The Labute approximate surface area is 140 Å². The third-order valence-electron chi connectivity index (χ3n) is 4.36. The summed E-state index contributed by atoms with van der Waals surface area (Å²) >= 11 is 1.21. The molecule has 0 saturated heterocycles. The highest BCUT2D eigenvalue weighted by atomic mass is 32.2. The lowest BCUT2D eigenvalue weighted by molar-refractivity contribution is -0.125. The molecule has 1 amide bonds. The highest BCUT2D eigenvalue weighted by Crippen LogP contribution is 2.44. The fraction of sp³-hybridized carbons (Fsp3) is 0.263. The Bertz CT molecular complexity index is 786. The van der Waals surface area contributed by atoms with Gasteiger partial charge in [0.15, 0.2) is 5.12 Å². The Morgan fingerprint density at radius 1 is 1.17 bits per heavy atom. The van der Waals surface area contributed by atoms with Gasteiger partial charge in [-0.15, -0.1) is 0 Å². The van der Waals surface area contributed by atoms with Gasteiger partial charge in [-0.3, -0.25) is 9.59 Å². The van der Waals surface area contributed by atoms with Gasteiger partial charge in [-0.05, 0) is 37.6 Å². The number of carbonyl (C=O) groups is 2. The van der Waals surface area contributed by atoms with Crippen molar-refractivity contribution in [2.45, 2.75) is 30.6 Å². The number of amides is 1. The molecule has 0 fully saturated rings. The second kappa shape index (κ2) is 5.85. The normalized spacial score (nSPS) is 19.8. The zero-order chi connectivity index (χ0) is 16.6. The molecule has 0 aliphatic carbocycles. The molecule has 1 aliphatic rings.